The van der Waals surface area contributed by atoms with E-state index in [9.17, 15) is 34.8 Å². The molecule has 1 amide bonds. The second-order valence-electron chi connectivity index (χ2n) is 9.97. The van der Waals surface area contributed by atoms with Crippen LogP contribution in [0.4, 0.5) is 19.0 Å². The normalized spacial score (nSPS) is 17.8. The number of nitrogens with zero attached hydrogens (tertiary/aromatic N) is 4. The standard InChI is InChI=1S/C24H24ClF3N4O5S2/c1-15(2)38(34,35)16-6-8-17(9-7-16)39(36,37)32-19-5-3-4-18(25)20(19)21(29-32)31-13-12-30(14-23(31)10-11-23)22(33)24(26,27)28/h3-9,15H,10-14H2,1-2H3. The molecule has 210 valence electrons. The summed E-state index contributed by atoms with van der Waals surface area (Å²) in [4.78, 5) is 14.2. The fraction of sp³-hybridized carbons (Fsp3) is 0.417. The van der Waals surface area contributed by atoms with Gasteiger partial charge in [0.2, 0.25) is 0 Å². The molecule has 2 aliphatic rings. The summed E-state index contributed by atoms with van der Waals surface area (Å²) in [6.07, 6.45) is -4.01. The molecular formula is C24H24ClF3N4O5S2. The van der Waals surface area contributed by atoms with Crippen LogP contribution in [0.3, 0.4) is 0 Å². The van der Waals surface area contributed by atoms with Crippen LogP contribution >= 0.6 is 11.6 Å². The molecule has 39 heavy (non-hydrogen) atoms. The molecule has 1 saturated heterocycles. The maximum absolute atomic E-state index is 13.7. The van der Waals surface area contributed by atoms with E-state index in [1.165, 1.54) is 44.2 Å². The second kappa shape index (κ2) is 9.10. The Labute approximate surface area is 228 Å². The van der Waals surface area contributed by atoms with Crippen molar-refractivity contribution in [3.8, 4) is 0 Å². The predicted molar refractivity (Wildman–Crippen MR) is 138 cm³/mol. The van der Waals surface area contributed by atoms with Crippen molar-refractivity contribution in [2.45, 2.75) is 53.4 Å². The molecule has 1 aliphatic heterocycles. The Morgan fingerprint density at radius 3 is 2.18 bits per heavy atom. The van der Waals surface area contributed by atoms with E-state index < -0.39 is 42.7 Å². The largest absolute Gasteiger partial charge is 0.471 e. The van der Waals surface area contributed by atoms with Gasteiger partial charge < -0.3 is 9.80 Å². The van der Waals surface area contributed by atoms with Crippen LogP contribution < -0.4 is 4.90 Å². The van der Waals surface area contributed by atoms with Crippen molar-refractivity contribution in [1.29, 1.82) is 0 Å². The zero-order valence-corrected chi connectivity index (χ0v) is 23.2. The van der Waals surface area contributed by atoms with Crippen molar-refractivity contribution in [2.24, 2.45) is 0 Å². The van der Waals surface area contributed by atoms with Crippen LogP contribution in [0.15, 0.2) is 52.3 Å². The van der Waals surface area contributed by atoms with E-state index in [0.717, 1.165) is 8.99 Å². The summed E-state index contributed by atoms with van der Waals surface area (Å²) >= 11 is 6.49. The Balaban J connectivity index is 1.57. The molecule has 2 heterocycles. The zero-order chi connectivity index (χ0) is 28.5. The molecule has 9 nitrogen and oxygen atoms in total. The third kappa shape index (κ3) is 4.55. The number of piperazine rings is 1. The van der Waals surface area contributed by atoms with E-state index in [1.54, 1.807) is 17.0 Å². The molecule has 2 aromatic carbocycles. The first kappa shape index (κ1) is 27.7. The minimum Gasteiger partial charge on any atom is -0.345 e. The summed E-state index contributed by atoms with van der Waals surface area (Å²) in [5.74, 6) is -1.72. The molecule has 1 saturated carbocycles. The second-order valence-corrected chi connectivity index (χ2v) is 14.7. The summed E-state index contributed by atoms with van der Waals surface area (Å²) < 4.78 is 92.3. The van der Waals surface area contributed by atoms with Gasteiger partial charge in [-0.15, -0.1) is 5.10 Å². The molecular weight excluding hydrogens is 581 g/mol. The first-order valence-corrected chi connectivity index (χ1v) is 15.4. The highest BCUT2D eigenvalue weighted by molar-refractivity contribution is 7.92. The number of benzene rings is 2. The molecule has 1 spiro atoms. The molecule has 0 N–H and O–H groups in total. The van der Waals surface area contributed by atoms with Gasteiger partial charge >= 0.3 is 12.1 Å². The monoisotopic (exact) mass is 604 g/mol. The minimum atomic E-state index is -4.99. The summed E-state index contributed by atoms with van der Waals surface area (Å²) in [5.41, 5.74) is -0.665. The lowest BCUT2D eigenvalue weighted by atomic mass is 10.1. The number of halogens is 4. The molecule has 3 aromatic rings. The Morgan fingerprint density at radius 2 is 1.62 bits per heavy atom. The Morgan fingerprint density at radius 1 is 1.00 bits per heavy atom. The van der Waals surface area contributed by atoms with Gasteiger partial charge in [-0.25, -0.2) is 8.42 Å². The fourth-order valence-corrected chi connectivity index (χ4v) is 7.45. The first-order valence-electron chi connectivity index (χ1n) is 12.0. The minimum absolute atomic E-state index is 0.000955. The quantitative estimate of drug-likeness (QED) is 0.435. The van der Waals surface area contributed by atoms with Gasteiger partial charge in [-0.2, -0.15) is 25.7 Å². The average Bonchev–Trinajstić information content (AvgIpc) is 3.51. The van der Waals surface area contributed by atoms with E-state index in [0.29, 0.717) is 18.2 Å². The zero-order valence-electron chi connectivity index (χ0n) is 20.8. The number of carbonyl (C=O) groups excluding carboxylic acids is 1. The van der Waals surface area contributed by atoms with Gasteiger partial charge in [-0.1, -0.05) is 17.7 Å². The summed E-state index contributed by atoms with van der Waals surface area (Å²) in [6, 6.07) is 9.43. The van der Waals surface area contributed by atoms with Crippen molar-refractivity contribution in [2.75, 3.05) is 24.5 Å². The Bertz CT molecular complexity index is 1680. The molecule has 5 rings (SSSR count). The number of amides is 1. The molecule has 0 radical (unpaired) electrons. The van der Waals surface area contributed by atoms with E-state index in [1.807, 2.05) is 0 Å². The fourth-order valence-electron chi connectivity index (χ4n) is 4.86. The number of carbonyl (C=O) groups is 1. The van der Waals surface area contributed by atoms with Gasteiger partial charge in [0.15, 0.2) is 15.7 Å². The average molecular weight is 605 g/mol. The van der Waals surface area contributed by atoms with Crippen LogP contribution in [0.5, 0.6) is 0 Å². The van der Waals surface area contributed by atoms with Crippen LogP contribution in [0, 0.1) is 0 Å². The molecule has 0 atom stereocenters. The van der Waals surface area contributed by atoms with E-state index in [2.05, 4.69) is 5.10 Å². The Kier molecular flexibility index (Phi) is 6.46. The maximum atomic E-state index is 13.7. The molecule has 1 aromatic heterocycles. The van der Waals surface area contributed by atoms with Crippen LogP contribution in [-0.2, 0) is 24.7 Å². The summed E-state index contributed by atoms with van der Waals surface area (Å²) in [5, 5.41) is 4.22. The third-order valence-electron chi connectivity index (χ3n) is 7.17. The highest BCUT2D eigenvalue weighted by atomic mass is 35.5. The Hall–Kier alpha value is -2.84. The van der Waals surface area contributed by atoms with E-state index in [-0.39, 0.29) is 45.8 Å². The highest BCUT2D eigenvalue weighted by Crippen LogP contribution is 2.49. The van der Waals surface area contributed by atoms with Crippen molar-refractivity contribution in [3.05, 3.63) is 47.5 Å². The molecule has 2 fully saturated rings. The van der Waals surface area contributed by atoms with E-state index in [4.69, 9.17) is 11.6 Å². The molecule has 1 aliphatic carbocycles. The van der Waals surface area contributed by atoms with Crippen molar-refractivity contribution in [3.63, 3.8) is 0 Å². The van der Waals surface area contributed by atoms with Gasteiger partial charge in [0.1, 0.15) is 0 Å². The molecule has 0 unspecified atom stereocenters. The number of sulfone groups is 1. The van der Waals surface area contributed by atoms with Gasteiger partial charge in [-0.3, -0.25) is 4.79 Å². The lowest BCUT2D eigenvalue weighted by molar-refractivity contribution is -0.186. The summed E-state index contributed by atoms with van der Waals surface area (Å²) in [6.45, 7) is 2.64. The highest BCUT2D eigenvalue weighted by Gasteiger charge is 2.56. The predicted octanol–water partition coefficient (Wildman–Crippen LogP) is 3.85. The van der Waals surface area contributed by atoms with Crippen molar-refractivity contribution < 1.29 is 34.8 Å². The number of hydrogen-bond acceptors (Lipinski definition) is 7. The third-order valence-corrected chi connectivity index (χ3v) is 11.3. The number of anilines is 1. The number of alkyl halides is 3. The number of hydrogen-bond donors (Lipinski definition) is 0. The van der Waals surface area contributed by atoms with Crippen LogP contribution in [-0.4, -0.2) is 73.4 Å². The van der Waals surface area contributed by atoms with Crippen LogP contribution in [0.2, 0.25) is 5.02 Å². The number of aromatic nitrogens is 2. The lowest BCUT2D eigenvalue weighted by Gasteiger charge is -2.42. The SMILES string of the molecule is CC(C)S(=O)(=O)c1ccc(S(=O)(=O)n2nc(N3CCN(C(=O)C(F)(F)F)CC34CC4)c3c(Cl)cccc32)cc1. The van der Waals surface area contributed by atoms with Gasteiger partial charge in [0.05, 0.1) is 36.5 Å². The van der Waals surface area contributed by atoms with E-state index >= 15 is 0 Å². The maximum Gasteiger partial charge on any atom is 0.471 e. The van der Waals surface area contributed by atoms with Gasteiger partial charge in [-0.05, 0) is 63.1 Å². The number of rotatable bonds is 5. The summed E-state index contributed by atoms with van der Waals surface area (Å²) in [7, 11) is -7.95. The van der Waals surface area contributed by atoms with Gasteiger partial charge in [0.25, 0.3) is 10.0 Å². The number of fused-ring (bicyclic) bond motifs is 1. The van der Waals surface area contributed by atoms with Crippen molar-refractivity contribution in [1.82, 2.24) is 14.1 Å². The van der Waals surface area contributed by atoms with Gasteiger partial charge in [0, 0.05) is 19.6 Å². The van der Waals surface area contributed by atoms with Crippen molar-refractivity contribution >= 4 is 54.1 Å². The van der Waals surface area contributed by atoms with Crippen LogP contribution in [0.25, 0.3) is 10.9 Å². The lowest BCUT2D eigenvalue weighted by Crippen LogP contribution is -2.59. The molecule has 15 heteroatoms. The molecule has 0 bridgehead atoms. The topological polar surface area (TPSA) is 110 Å². The first-order chi connectivity index (χ1) is 18.1. The smallest absolute Gasteiger partial charge is 0.345 e. The van der Waals surface area contributed by atoms with Crippen LogP contribution in [0.1, 0.15) is 26.7 Å².